The fourth-order valence-electron chi connectivity index (χ4n) is 0.647. The van der Waals surface area contributed by atoms with Gasteiger partial charge in [-0.2, -0.15) is 8.42 Å². The van der Waals surface area contributed by atoms with E-state index < -0.39 is 39.1 Å². The molecule has 0 aliphatic carbocycles. The minimum absolute atomic E-state index is 1.28. The maximum absolute atomic E-state index is 10.5. The first-order chi connectivity index (χ1) is 7.65. The molecule has 0 spiro atoms. The van der Waals surface area contributed by atoms with E-state index in [4.69, 9.17) is 10.1 Å². The van der Waals surface area contributed by atoms with Crippen LogP contribution in [-0.4, -0.2) is 41.6 Å². The van der Waals surface area contributed by atoms with Crippen molar-refractivity contribution >= 4 is 10.4 Å². The Hall–Kier alpha value is -2.02. The molecule has 0 aliphatic heterocycles. The average molecular weight is 271 g/mol. The zero-order valence-corrected chi connectivity index (χ0v) is 8.68. The largest absolute Gasteiger partial charge is 0.488 e. The second kappa shape index (κ2) is 5.35. The minimum Gasteiger partial charge on any atom is -0.264 e. The summed E-state index contributed by atoms with van der Waals surface area (Å²) in [4.78, 5) is 20.1. The van der Waals surface area contributed by atoms with Gasteiger partial charge in [-0.1, -0.05) is 5.11 Å². The van der Waals surface area contributed by atoms with E-state index in [9.17, 15) is 28.6 Å². The predicted octanol–water partition coefficient (Wildman–Crippen LogP) is -0.634. The summed E-state index contributed by atoms with van der Waals surface area (Å²) >= 11 is 0. The highest BCUT2D eigenvalue weighted by atomic mass is 32.3. The first-order valence-corrected chi connectivity index (χ1v) is 4.94. The standard InChI is InChI=1S/C3H5N5O8S/c4-6-5-1-3(7(9)10,8(11)12)2-16-17(13,14)15/h1-2H2,(H,13,14,15). The van der Waals surface area contributed by atoms with E-state index in [1.165, 1.54) is 0 Å². The van der Waals surface area contributed by atoms with Gasteiger partial charge in [-0.15, -0.1) is 0 Å². The molecule has 0 heterocycles. The van der Waals surface area contributed by atoms with E-state index in [2.05, 4.69) is 14.2 Å². The molecular formula is C3H5N5O8S. The van der Waals surface area contributed by atoms with E-state index in [1.807, 2.05) is 0 Å². The highest BCUT2D eigenvalue weighted by Crippen LogP contribution is 2.14. The van der Waals surface area contributed by atoms with Crippen molar-refractivity contribution < 1.29 is 27.0 Å². The van der Waals surface area contributed by atoms with Gasteiger partial charge in [-0.05, 0) is 5.53 Å². The van der Waals surface area contributed by atoms with E-state index in [1.54, 1.807) is 0 Å². The van der Waals surface area contributed by atoms with Crippen LogP contribution in [0, 0.1) is 20.2 Å². The van der Waals surface area contributed by atoms with Gasteiger partial charge in [0.25, 0.3) is 0 Å². The molecule has 17 heavy (non-hydrogen) atoms. The molecule has 14 heteroatoms. The predicted molar refractivity (Wildman–Crippen MR) is 48.2 cm³/mol. The molecule has 0 saturated carbocycles. The molecule has 0 atom stereocenters. The number of nitrogens with zero attached hydrogens (tertiary/aromatic N) is 5. The van der Waals surface area contributed by atoms with Gasteiger partial charge in [0.2, 0.25) is 6.61 Å². The Balaban J connectivity index is 5.25. The van der Waals surface area contributed by atoms with Gasteiger partial charge in [0.15, 0.2) is 6.54 Å². The maximum Gasteiger partial charge on any atom is 0.488 e. The minimum atomic E-state index is -5.09. The lowest BCUT2D eigenvalue weighted by Crippen LogP contribution is -2.53. The van der Waals surface area contributed by atoms with Crippen molar-refractivity contribution in [3.8, 4) is 0 Å². The molecular weight excluding hydrogens is 266 g/mol. The summed E-state index contributed by atoms with van der Waals surface area (Å²) < 4.78 is 32.1. The summed E-state index contributed by atoms with van der Waals surface area (Å²) in [7, 11) is -5.09. The lowest BCUT2D eigenvalue weighted by atomic mass is 10.2. The van der Waals surface area contributed by atoms with E-state index in [0.29, 0.717) is 0 Å². The van der Waals surface area contributed by atoms with Crippen molar-refractivity contribution in [2.75, 3.05) is 13.2 Å². The monoisotopic (exact) mass is 271 g/mol. The fraction of sp³-hybridized carbons (Fsp3) is 1.00. The number of rotatable bonds is 7. The number of hydrogen-bond acceptors (Lipinski definition) is 8. The molecule has 0 aromatic heterocycles. The van der Waals surface area contributed by atoms with E-state index in [0.717, 1.165) is 0 Å². The third kappa shape index (κ3) is 4.15. The van der Waals surface area contributed by atoms with E-state index >= 15 is 0 Å². The SMILES string of the molecule is [N-]=[N+]=NCC(COS(=O)(=O)O)([N+](=O)[O-])[N+](=O)[O-]. The highest BCUT2D eigenvalue weighted by molar-refractivity contribution is 7.80. The lowest BCUT2D eigenvalue weighted by Gasteiger charge is -2.13. The molecule has 0 fully saturated rings. The van der Waals surface area contributed by atoms with Gasteiger partial charge in [-0.3, -0.25) is 24.8 Å². The van der Waals surface area contributed by atoms with Gasteiger partial charge in [0.1, 0.15) is 9.85 Å². The van der Waals surface area contributed by atoms with Crippen LogP contribution in [-0.2, 0) is 14.6 Å². The van der Waals surface area contributed by atoms with Crippen LogP contribution < -0.4 is 0 Å². The molecule has 0 unspecified atom stereocenters. The number of hydrogen-bond donors (Lipinski definition) is 1. The Kier molecular flexibility index (Phi) is 4.72. The molecule has 13 nitrogen and oxygen atoms in total. The van der Waals surface area contributed by atoms with Crippen LogP contribution in [0.1, 0.15) is 0 Å². The van der Waals surface area contributed by atoms with Crippen molar-refractivity contribution in [2.45, 2.75) is 5.66 Å². The molecule has 0 aromatic rings. The van der Waals surface area contributed by atoms with Crippen LogP contribution >= 0.6 is 0 Å². The summed E-state index contributed by atoms with van der Waals surface area (Å²) in [6.07, 6.45) is 0. The smallest absolute Gasteiger partial charge is 0.264 e. The van der Waals surface area contributed by atoms with Crippen molar-refractivity contribution in [1.29, 1.82) is 0 Å². The second-order valence-electron chi connectivity index (χ2n) is 2.58. The normalized spacial score (nSPS) is 11.6. The Morgan fingerprint density at radius 1 is 1.41 bits per heavy atom. The Morgan fingerprint density at radius 2 is 1.88 bits per heavy atom. The summed E-state index contributed by atoms with van der Waals surface area (Å²) in [5.74, 6) is 0. The second-order valence-corrected chi connectivity index (χ2v) is 3.67. The fourth-order valence-corrected chi connectivity index (χ4v) is 0.985. The first kappa shape index (κ1) is 15.0. The quantitative estimate of drug-likeness (QED) is 0.120. The van der Waals surface area contributed by atoms with Crippen molar-refractivity contribution in [3.63, 3.8) is 0 Å². The molecule has 0 aromatic carbocycles. The number of nitro groups is 2. The van der Waals surface area contributed by atoms with Gasteiger partial charge >= 0.3 is 16.1 Å². The Labute approximate surface area is 92.9 Å². The van der Waals surface area contributed by atoms with Gasteiger partial charge in [0.05, 0.1) is 0 Å². The topological polar surface area (TPSA) is 199 Å². The Bertz CT molecular complexity index is 450. The third-order valence-corrected chi connectivity index (χ3v) is 1.92. The summed E-state index contributed by atoms with van der Waals surface area (Å²) in [6, 6.07) is 0. The number of azide groups is 1. The van der Waals surface area contributed by atoms with Crippen LogP contribution in [0.4, 0.5) is 0 Å². The van der Waals surface area contributed by atoms with Crippen molar-refractivity contribution in [3.05, 3.63) is 30.7 Å². The molecule has 0 amide bonds. The molecule has 0 rings (SSSR count). The van der Waals surface area contributed by atoms with E-state index in [-0.39, 0.29) is 0 Å². The molecule has 96 valence electrons. The van der Waals surface area contributed by atoms with Crippen LogP contribution in [0.15, 0.2) is 5.11 Å². The zero-order valence-electron chi connectivity index (χ0n) is 7.86. The molecule has 0 aliphatic rings. The van der Waals surface area contributed by atoms with Crippen LogP contribution in [0.3, 0.4) is 0 Å². The molecule has 1 N–H and O–H groups in total. The summed E-state index contributed by atoms with van der Waals surface area (Å²) in [6.45, 7) is -2.89. The van der Waals surface area contributed by atoms with Crippen molar-refractivity contribution in [1.82, 2.24) is 0 Å². The highest BCUT2D eigenvalue weighted by Gasteiger charge is 2.57. The summed E-state index contributed by atoms with van der Waals surface area (Å²) in [5.41, 5.74) is 4.75. The van der Waals surface area contributed by atoms with Crippen LogP contribution in [0.25, 0.3) is 10.4 Å². The summed E-state index contributed by atoms with van der Waals surface area (Å²) in [5, 5.41) is 23.6. The van der Waals surface area contributed by atoms with Crippen molar-refractivity contribution in [2.24, 2.45) is 5.11 Å². The zero-order chi connectivity index (χ0) is 13.7. The first-order valence-electron chi connectivity index (χ1n) is 3.57. The lowest BCUT2D eigenvalue weighted by molar-refractivity contribution is -0.794. The van der Waals surface area contributed by atoms with Crippen LogP contribution in [0.2, 0.25) is 0 Å². The molecule has 0 saturated heterocycles. The molecule has 0 bridgehead atoms. The van der Waals surface area contributed by atoms with Gasteiger partial charge < -0.3 is 0 Å². The Morgan fingerprint density at radius 3 is 2.18 bits per heavy atom. The van der Waals surface area contributed by atoms with Gasteiger partial charge in [-0.25, -0.2) is 4.18 Å². The van der Waals surface area contributed by atoms with Gasteiger partial charge in [0, 0.05) is 4.91 Å². The maximum atomic E-state index is 10.5. The third-order valence-electron chi connectivity index (χ3n) is 1.51. The molecule has 0 radical (unpaired) electrons. The van der Waals surface area contributed by atoms with Crippen LogP contribution in [0.5, 0.6) is 0 Å². The average Bonchev–Trinajstić information content (AvgIpc) is 2.15.